The number of benzene rings is 1. The van der Waals surface area contributed by atoms with Crippen molar-refractivity contribution >= 4 is 48.0 Å². The van der Waals surface area contributed by atoms with Gasteiger partial charge in [-0.1, -0.05) is 0 Å². The lowest BCUT2D eigenvalue weighted by Gasteiger charge is -2.32. The van der Waals surface area contributed by atoms with Gasteiger partial charge in [-0.2, -0.15) is 4.31 Å². The van der Waals surface area contributed by atoms with Gasteiger partial charge in [0.05, 0.1) is 6.61 Å². The molecule has 0 aromatic heterocycles. The maximum atomic E-state index is 13.4. The van der Waals surface area contributed by atoms with E-state index in [4.69, 9.17) is 4.74 Å². The fourth-order valence-electron chi connectivity index (χ4n) is 2.52. The van der Waals surface area contributed by atoms with E-state index in [0.717, 1.165) is 12.1 Å². The molecule has 1 aliphatic rings. The molecular formula is C14H17Br2FN2O4S. The van der Waals surface area contributed by atoms with Crippen LogP contribution < -0.4 is 5.32 Å². The Morgan fingerprint density at radius 3 is 2.62 bits per heavy atom. The number of sulfonamides is 1. The van der Waals surface area contributed by atoms with Crippen LogP contribution in [0.5, 0.6) is 0 Å². The minimum absolute atomic E-state index is 0.0271. The van der Waals surface area contributed by atoms with E-state index in [1.807, 2.05) is 0 Å². The standard InChI is InChI=1S/C14H17Br2FN2O4S/c1-2-23-14(20)18-10-4-3-5-19(8-10)24(21,22)13-11(15)6-9(17)7-12(13)16/h6-7,10H,2-5,8H2,1H3,(H,18,20). The molecule has 134 valence electrons. The Labute approximate surface area is 157 Å². The molecule has 1 unspecified atom stereocenters. The van der Waals surface area contributed by atoms with Gasteiger partial charge in [-0.05, 0) is 63.8 Å². The molecule has 0 saturated carbocycles. The van der Waals surface area contributed by atoms with Crippen molar-refractivity contribution in [2.45, 2.75) is 30.7 Å². The zero-order valence-corrected chi connectivity index (χ0v) is 16.9. The first kappa shape index (κ1) is 19.6. The van der Waals surface area contributed by atoms with E-state index in [1.165, 1.54) is 4.31 Å². The molecule has 0 aliphatic carbocycles. The van der Waals surface area contributed by atoms with Gasteiger partial charge in [0.15, 0.2) is 0 Å². The first-order chi connectivity index (χ1) is 11.3. The highest BCUT2D eigenvalue weighted by Gasteiger charge is 2.33. The van der Waals surface area contributed by atoms with E-state index >= 15 is 0 Å². The topological polar surface area (TPSA) is 75.7 Å². The van der Waals surface area contributed by atoms with Gasteiger partial charge in [0.2, 0.25) is 10.0 Å². The van der Waals surface area contributed by atoms with E-state index in [2.05, 4.69) is 37.2 Å². The summed E-state index contributed by atoms with van der Waals surface area (Å²) in [4.78, 5) is 11.5. The van der Waals surface area contributed by atoms with Gasteiger partial charge in [-0.3, -0.25) is 0 Å². The molecular weight excluding hydrogens is 471 g/mol. The maximum absolute atomic E-state index is 13.4. The molecule has 1 saturated heterocycles. The lowest BCUT2D eigenvalue weighted by atomic mass is 10.1. The molecule has 1 atom stereocenters. The summed E-state index contributed by atoms with van der Waals surface area (Å²) in [7, 11) is -3.84. The Balaban J connectivity index is 2.22. The molecule has 0 radical (unpaired) electrons. The molecule has 10 heteroatoms. The van der Waals surface area contributed by atoms with Crippen molar-refractivity contribution in [3.63, 3.8) is 0 Å². The second-order valence-corrected chi connectivity index (χ2v) is 8.85. The van der Waals surface area contributed by atoms with Crippen LogP contribution in [0, 0.1) is 5.82 Å². The summed E-state index contributed by atoms with van der Waals surface area (Å²) in [6.45, 7) is 2.41. The summed E-state index contributed by atoms with van der Waals surface area (Å²) in [5, 5.41) is 2.66. The highest BCUT2D eigenvalue weighted by Crippen LogP contribution is 2.34. The Hall–Kier alpha value is -0.710. The predicted octanol–water partition coefficient (Wildman–Crippen LogP) is 3.25. The molecule has 1 heterocycles. The number of nitrogens with zero attached hydrogens (tertiary/aromatic N) is 1. The van der Waals surface area contributed by atoms with Gasteiger partial charge in [-0.15, -0.1) is 0 Å². The summed E-state index contributed by atoms with van der Waals surface area (Å²) in [6, 6.07) is 1.89. The van der Waals surface area contributed by atoms with Gasteiger partial charge >= 0.3 is 6.09 Å². The highest BCUT2D eigenvalue weighted by atomic mass is 79.9. The molecule has 2 rings (SSSR count). The molecule has 1 aliphatic heterocycles. The first-order valence-corrected chi connectivity index (χ1v) is 10.4. The van der Waals surface area contributed by atoms with Crippen molar-refractivity contribution in [3.05, 3.63) is 26.9 Å². The zero-order valence-electron chi connectivity index (χ0n) is 12.9. The van der Waals surface area contributed by atoms with Gasteiger partial charge in [0, 0.05) is 28.1 Å². The van der Waals surface area contributed by atoms with Crippen LogP contribution in [-0.2, 0) is 14.8 Å². The van der Waals surface area contributed by atoms with Crippen LogP contribution in [0.4, 0.5) is 9.18 Å². The average Bonchev–Trinajstić information content (AvgIpc) is 2.46. The van der Waals surface area contributed by atoms with Crippen LogP contribution >= 0.6 is 31.9 Å². The fraction of sp³-hybridized carbons (Fsp3) is 0.500. The van der Waals surface area contributed by atoms with Crippen molar-refractivity contribution in [1.82, 2.24) is 9.62 Å². The summed E-state index contributed by atoms with van der Waals surface area (Å²) in [5.41, 5.74) is 0. The fourth-order valence-corrected chi connectivity index (χ4v) is 6.49. The van der Waals surface area contributed by atoms with Crippen molar-refractivity contribution in [1.29, 1.82) is 0 Å². The number of carbonyl (C=O) groups is 1. The summed E-state index contributed by atoms with van der Waals surface area (Å²) in [5.74, 6) is -0.548. The SMILES string of the molecule is CCOC(=O)NC1CCCN(S(=O)(=O)c2c(Br)cc(F)cc2Br)C1. The zero-order chi connectivity index (χ0) is 17.9. The van der Waals surface area contributed by atoms with Crippen LogP contribution in [0.15, 0.2) is 26.0 Å². The van der Waals surface area contributed by atoms with Crippen LogP contribution in [0.25, 0.3) is 0 Å². The number of hydrogen-bond donors (Lipinski definition) is 1. The number of rotatable bonds is 4. The Morgan fingerprint density at radius 2 is 2.04 bits per heavy atom. The molecule has 1 fully saturated rings. The van der Waals surface area contributed by atoms with Gasteiger partial charge in [0.25, 0.3) is 0 Å². The van der Waals surface area contributed by atoms with Gasteiger partial charge in [0.1, 0.15) is 10.7 Å². The maximum Gasteiger partial charge on any atom is 0.407 e. The average molecular weight is 488 g/mol. The minimum Gasteiger partial charge on any atom is -0.450 e. The van der Waals surface area contributed by atoms with Crippen molar-refractivity contribution < 1.29 is 22.3 Å². The van der Waals surface area contributed by atoms with E-state index in [0.29, 0.717) is 19.4 Å². The largest absolute Gasteiger partial charge is 0.450 e. The number of halogens is 3. The third-order valence-corrected chi connectivity index (χ3v) is 7.29. The summed E-state index contributed by atoms with van der Waals surface area (Å²) >= 11 is 6.22. The van der Waals surface area contributed by atoms with E-state index in [9.17, 15) is 17.6 Å². The number of nitrogens with one attached hydrogen (secondary N) is 1. The number of ether oxygens (including phenoxy) is 1. The predicted molar refractivity (Wildman–Crippen MR) is 93.7 cm³/mol. The Kier molecular flexibility index (Phi) is 6.63. The molecule has 1 amide bonds. The number of amides is 1. The minimum atomic E-state index is -3.84. The van der Waals surface area contributed by atoms with E-state index in [-0.39, 0.29) is 33.0 Å². The number of piperidine rings is 1. The third kappa shape index (κ3) is 4.47. The number of carbonyl (C=O) groups excluding carboxylic acids is 1. The Morgan fingerprint density at radius 1 is 1.42 bits per heavy atom. The van der Waals surface area contributed by atoms with Crippen molar-refractivity contribution in [2.24, 2.45) is 0 Å². The lowest BCUT2D eigenvalue weighted by Crippen LogP contribution is -2.49. The quantitative estimate of drug-likeness (QED) is 0.707. The van der Waals surface area contributed by atoms with Crippen molar-refractivity contribution in [2.75, 3.05) is 19.7 Å². The smallest absolute Gasteiger partial charge is 0.407 e. The molecule has 1 aromatic rings. The molecule has 0 spiro atoms. The summed E-state index contributed by atoms with van der Waals surface area (Å²) in [6.07, 6.45) is 0.703. The molecule has 1 aromatic carbocycles. The van der Waals surface area contributed by atoms with Crippen LogP contribution in [0.3, 0.4) is 0 Å². The third-order valence-electron chi connectivity index (χ3n) is 3.54. The molecule has 0 bridgehead atoms. The second-order valence-electron chi connectivity index (χ2n) is 5.27. The highest BCUT2D eigenvalue weighted by molar-refractivity contribution is 9.11. The van der Waals surface area contributed by atoms with Crippen LogP contribution in [0.1, 0.15) is 19.8 Å². The number of alkyl carbamates (subject to hydrolysis) is 1. The molecule has 24 heavy (non-hydrogen) atoms. The van der Waals surface area contributed by atoms with Gasteiger partial charge < -0.3 is 10.1 Å². The number of hydrogen-bond acceptors (Lipinski definition) is 4. The normalized spacial score (nSPS) is 19.1. The molecule has 1 N–H and O–H groups in total. The summed E-state index contributed by atoms with van der Waals surface area (Å²) < 4.78 is 45.6. The molecule has 6 nitrogen and oxygen atoms in total. The van der Waals surface area contributed by atoms with Crippen LogP contribution in [0.2, 0.25) is 0 Å². The van der Waals surface area contributed by atoms with E-state index in [1.54, 1.807) is 6.92 Å². The van der Waals surface area contributed by atoms with Gasteiger partial charge in [-0.25, -0.2) is 17.6 Å². The monoisotopic (exact) mass is 486 g/mol. The van der Waals surface area contributed by atoms with E-state index < -0.39 is 21.9 Å². The van der Waals surface area contributed by atoms with Crippen LogP contribution in [-0.4, -0.2) is 44.6 Å². The lowest BCUT2D eigenvalue weighted by molar-refractivity contribution is 0.142. The first-order valence-electron chi connectivity index (χ1n) is 7.33. The Bertz CT molecular complexity index is 706. The second kappa shape index (κ2) is 8.11. The van der Waals surface area contributed by atoms with Crippen molar-refractivity contribution in [3.8, 4) is 0 Å².